The molecule has 0 bridgehead atoms. The number of aromatic amines is 1. The number of benzene rings is 4. The minimum Gasteiger partial charge on any atom is -0.455 e. The third-order valence-corrected chi connectivity index (χ3v) is 7.66. The number of allylic oxidation sites excluding steroid dienone is 7. The van der Waals surface area contributed by atoms with Gasteiger partial charge in [0.25, 0.3) is 0 Å². The van der Waals surface area contributed by atoms with Gasteiger partial charge >= 0.3 is 0 Å². The van der Waals surface area contributed by atoms with Gasteiger partial charge < -0.3 is 15.1 Å². The van der Waals surface area contributed by atoms with Crippen molar-refractivity contribution in [3.05, 3.63) is 138 Å². The highest BCUT2D eigenvalue weighted by Gasteiger charge is 2.20. The van der Waals surface area contributed by atoms with E-state index >= 15 is 0 Å². The highest BCUT2D eigenvalue weighted by Crippen LogP contribution is 2.44. The Morgan fingerprint density at radius 2 is 1.64 bits per heavy atom. The molecule has 7 rings (SSSR count). The van der Waals surface area contributed by atoms with Gasteiger partial charge in [-0.3, -0.25) is 0 Å². The Hall–Kier alpha value is -5.02. The molecule has 0 amide bonds. The Labute approximate surface area is 227 Å². The first-order valence-corrected chi connectivity index (χ1v) is 13.3. The van der Waals surface area contributed by atoms with E-state index in [1.54, 1.807) is 0 Å². The standard InChI is InChI=1S/C36H28N2O/c1-2-3-11-32(37)24-16-14-23(15-17-24)27-10-6-13-34-35(27)31-22-30(28-8-4-5-9-29(28)36(31)39-34)25-18-19-26(21-25)33-12-7-20-38-33/h2-20,22,38H,21,37H2,1H3/b3-2-,32-11-. The topological polar surface area (TPSA) is 54.9 Å². The van der Waals surface area contributed by atoms with Crippen molar-refractivity contribution < 1.29 is 4.42 Å². The van der Waals surface area contributed by atoms with Crippen LogP contribution in [0.4, 0.5) is 0 Å². The minimum atomic E-state index is 0.750. The molecule has 3 nitrogen and oxygen atoms in total. The van der Waals surface area contributed by atoms with Crippen molar-refractivity contribution in [2.45, 2.75) is 13.3 Å². The van der Waals surface area contributed by atoms with Crippen molar-refractivity contribution in [3.8, 4) is 11.1 Å². The van der Waals surface area contributed by atoms with Gasteiger partial charge in [0.05, 0.1) is 0 Å². The molecule has 3 N–H and O–H groups in total. The third kappa shape index (κ3) is 3.91. The molecule has 0 aliphatic heterocycles. The molecule has 188 valence electrons. The van der Waals surface area contributed by atoms with E-state index in [0.717, 1.165) is 56.1 Å². The monoisotopic (exact) mass is 504 g/mol. The first-order valence-electron chi connectivity index (χ1n) is 13.3. The van der Waals surface area contributed by atoms with Crippen molar-refractivity contribution >= 4 is 49.6 Å². The number of hydrogen-bond donors (Lipinski definition) is 2. The highest BCUT2D eigenvalue weighted by molar-refractivity contribution is 6.21. The van der Waals surface area contributed by atoms with Gasteiger partial charge in [-0.1, -0.05) is 85.0 Å². The van der Waals surface area contributed by atoms with Crippen molar-refractivity contribution in [1.29, 1.82) is 0 Å². The number of H-pyrrole nitrogens is 1. The molecule has 1 aliphatic rings. The van der Waals surface area contributed by atoms with Crippen LogP contribution in [0.2, 0.25) is 0 Å². The van der Waals surface area contributed by atoms with Crippen molar-refractivity contribution in [2.75, 3.05) is 0 Å². The van der Waals surface area contributed by atoms with E-state index in [-0.39, 0.29) is 0 Å². The zero-order chi connectivity index (χ0) is 26.3. The number of fused-ring (bicyclic) bond motifs is 5. The third-order valence-electron chi connectivity index (χ3n) is 7.66. The number of nitrogens with two attached hydrogens (primary N) is 1. The maximum Gasteiger partial charge on any atom is 0.143 e. The largest absolute Gasteiger partial charge is 0.455 e. The van der Waals surface area contributed by atoms with Gasteiger partial charge in [-0.25, -0.2) is 0 Å². The fraction of sp³-hybridized carbons (Fsp3) is 0.0556. The molecule has 1 aliphatic carbocycles. The molecular formula is C36H28N2O. The second-order valence-corrected chi connectivity index (χ2v) is 10.00. The summed E-state index contributed by atoms with van der Waals surface area (Å²) in [6.07, 6.45) is 13.2. The lowest BCUT2D eigenvalue weighted by molar-refractivity contribution is 0.673. The summed E-state index contributed by atoms with van der Waals surface area (Å²) >= 11 is 0. The first kappa shape index (κ1) is 23.1. The van der Waals surface area contributed by atoms with Gasteiger partial charge in [0, 0.05) is 40.2 Å². The lowest BCUT2D eigenvalue weighted by atomic mass is 9.92. The second-order valence-electron chi connectivity index (χ2n) is 10.00. The van der Waals surface area contributed by atoms with E-state index in [1.807, 2.05) is 37.4 Å². The molecule has 0 saturated carbocycles. The molecule has 4 aromatic carbocycles. The molecule has 0 unspecified atom stereocenters. The Kier molecular flexibility index (Phi) is 5.56. The molecule has 0 atom stereocenters. The highest BCUT2D eigenvalue weighted by atomic mass is 16.3. The molecule has 6 aromatic rings. The average molecular weight is 505 g/mol. The van der Waals surface area contributed by atoms with Crippen molar-refractivity contribution in [3.63, 3.8) is 0 Å². The van der Waals surface area contributed by atoms with E-state index in [4.69, 9.17) is 10.2 Å². The smallest absolute Gasteiger partial charge is 0.143 e. The molecule has 2 heterocycles. The zero-order valence-corrected chi connectivity index (χ0v) is 21.7. The number of rotatable bonds is 5. The van der Waals surface area contributed by atoms with Crippen LogP contribution in [0.25, 0.3) is 60.7 Å². The van der Waals surface area contributed by atoms with Crippen LogP contribution in [-0.4, -0.2) is 4.98 Å². The van der Waals surface area contributed by atoms with E-state index in [0.29, 0.717) is 0 Å². The zero-order valence-electron chi connectivity index (χ0n) is 21.7. The van der Waals surface area contributed by atoms with Crippen LogP contribution < -0.4 is 5.73 Å². The van der Waals surface area contributed by atoms with Crippen LogP contribution in [-0.2, 0) is 0 Å². The van der Waals surface area contributed by atoms with Gasteiger partial charge in [0.2, 0.25) is 0 Å². The summed E-state index contributed by atoms with van der Waals surface area (Å²) in [5.74, 6) is 0. The summed E-state index contributed by atoms with van der Waals surface area (Å²) in [6.45, 7) is 1.98. The van der Waals surface area contributed by atoms with Crippen molar-refractivity contribution in [2.24, 2.45) is 5.73 Å². The average Bonchev–Trinajstić information content (AvgIpc) is 3.75. The maximum atomic E-state index is 6.56. The fourth-order valence-electron chi connectivity index (χ4n) is 5.72. The Balaban J connectivity index is 1.39. The SMILES string of the molecule is C/C=C\C=C(/N)c1ccc(-c2cccc3oc4c5ccccc5c(C5=CC=C(c6ccc[nH]6)C5)cc4c23)cc1. The number of nitrogens with one attached hydrogen (secondary N) is 1. The van der Waals surface area contributed by atoms with Gasteiger partial charge in [-0.15, -0.1) is 0 Å². The molecule has 0 fully saturated rings. The van der Waals surface area contributed by atoms with Crippen LogP contribution in [0.3, 0.4) is 0 Å². The summed E-state index contributed by atoms with van der Waals surface area (Å²) in [5.41, 5.74) is 17.2. The fourth-order valence-corrected chi connectivity index (χ4v) is 5.72. The molecule has 3 heteroatoms. The summed E-state index contributed by atoms with van der Waals surface area (Å²) in [4.78, 5) is 3.35. The summed E-state index contributed by atoms with van der Waals surface area (Å²) in [7, 11) is 0. The summed E-state index contributed by atoms with van der Waals surface area (Å²) in [6, 6.07) is 29.9. The Bertz CT molecular complexity index is 1980. The maximum absolute atomic E-state index is 6.56. The van der Waals surface area contributed by atoms with Crippen LogP contribution >= 0.6 is 0 Å². The molecule has 2 aromatic heterocycles. The van der Waals surface area contributed by atoms with Gasteiger partial charge in [-0.2, -0.15) is 0 Å². The van der Waals surface area contributed by atoms with E-state index in [1.165, 1.54) is 27.8 Å². The normalized spacial score (nSPS) is 14.1. The quantitative estimate of drug-likeness (QED) is 0.230. The minimum absolute atomic E-state index is 0.750. The van der Waals surface area contributed by atoms with Crippen LogP contribution in [0.5, 0.6) is 0 Å². The van der Waals surface area contributed by atoms with Crippen LogP contribution in [0, 0.1) is 0 Å². The van der Waals surface area contributed by atoms with E-state index in [2.05, 4.69) is 96.0 Å². The second kappa shape index (κ2) is 9.38. The lowest BCUT2D eigenvalue weighted by Gasteiger charge is -2.11. The molecule has 0 spiro atoms. The van der Waals surface area contributed by atoms with Crippen LogP contribution in [0.15, 0.2) is 126 Å². The van der Waals surface area contributed by atoms with E-state index in [9.17, 15) is 0 Å². The van der Waals surface area contributed by atoms with Gasteiger partial charge in [0.15, 0.2) is 0 Å². The number of furan rings is 1. The number of hydrogen-bond acceptors (Lipinski definition) is 2. The van der Waals surface area contributed by atoms with E-state index < -0.39 is 0 Å². The first-order chi connectivity index (χ1) is 19.2. The molecule has 0 radical (unpaired) electrons. The molecule has 39 heavy (non-hydrogen) atoms. The van der Waals surface area contributed by atoms with Gasteiger partial charge in [-0.05, 0) is 76.1 Å². The summed E-state index contributed by atoms with van der Waals surface area (Å²) in [5, 5.41) is 4.63. The molecular weight excluding hydrogens is 476 g/mol. The number of aromatic nitrogens is 1. The van der Waals surface area contributed by atoms with Gasteiger partial charge in [0.1, 0.15) is 11.2 Å². The predicted octanol–water partition coefficient (Wildman–Crippen LogP) is 9.48. The molecule has 0 saturated heterocycles. The Morgan fingerprint density at radius 1 is 0.821 bits per heavy atom. The summed E-state index contributed by atoms with van der Waals surface area (Å²) < 4.78 is 6.56. The predicted molar refractivity (Wildman–Crippen MR) is 165 cm³/mol. The van der Waals surface area contributed by atoms with Crippen LogP contribution in [0.1, 0.15) is 30.2 Å². The Morgan fingerprint density at radius 3 is 2.44 bits per heavy atom. The lowest BCUT2D eigenvalue weighted by Crippen LogP contribution is -1.95. The van der Waals surface area contributed by atoms with Crippen molar-refractivity contribution in [1.82, 2.24) is 4.98 Å².